The summed E-state index contributed by atoms with van der Waals surface area (Å²) in [6.07, 6.45) is 11.6. The van der Waals surface area contributed by atoms with E-state index < -0.39 is 0 Å². The van der Waals surface area contributed by atoms with Crippen LogP contribution in [0.3, 0.4) is 0 Å². The number of benzene rings is 5. The Morgan fingerprint density at radius 2 is 1.04 bits per heavy atom. The minimum Gasteiger partial charge on any atom is -0.309 e. The highest BCUT2D eigenvalue weighted by Gasteiger charge is 2.18. The Hall–Kier alpha value is -6.38. The van der Waals surface area contributed by atoms with Crippen LogP contribution in [0, 0.1) is 0 Å². The summed E-state index contributed by atoms with van der Waals surface area (Å²) in [6.45, 7) is 23.1. The molecule has 2 aromatic heterocycles. The fourth-order valence-corrected chi connectivity index (χ4v) is 6.72. The van der Waals surface area contributed by atoms with Gasteiger partial charge in [-0.2, -0.15) is 0 Å². The fourth-order valence-electron chi connectivity index (χ4n) is 6.72. The first-order chi connectivity index (χ1) is 23.9. The molecule has 0 saturated carbocycles. The lowest BCUT2D eigenvalue weighted by Gasteiger charge is -2.16. The van der Waals surface area contributed by atoms with Crippen molar-refractivity contribution in [2.45, 2.75) is 6.92 Å². The molecule has 7 rings (SSSR count). The predicted octanol–water partition coefficient (Wildman–Crippen LogP) is 12.9. The maximum Gasteiger partial charge on any atom is 0.0541 e. The minimum absolute atomic E-state index is 0.785. The van der Waals surface area contributed by atoms with Gasteiger partial charge >= 0.3 is 0 Å². The van der Waals surface area contributed by atoms with E-state index in [1.807, 2.05) is 37.3 Å². The highest BCUT2D eigenvalue weighted by atomic mass is 15.0. The molecule has 0 aliphatic rings. The van der Waals surface area contributed by atoms with E-state index in [9.17, 15) is 0 Å². The Labute approximate surface area is 288 Å². The first kappa shape index (κ1) is 31.2. The molecule has 236 valence electrons. The molecule has 0 aliphatic heterocycles. The van der Waals surface area contributed by atoms with Gasteiger partial charge in [-0.1, -0.05) is 130 Å². The van der Waals surface area contributed by atoms with Crippen molar-refractivity contribution in [1.29, 1.82) is 0 Å². The number of fused-ring (bicyclic) bond motifs is 6. The maximum atomic E-state index is 4.49. The highest BCUT2D eigenvalue weighted by molar-refractivity contribution is 6.13. The zero-order valence-electron chi connectivity index (χ0n) is 27.9. The van der Waals surface area contributed by atoms with Crippen molar-refractivity contribution >= 4 is 49.3 Å². The zero-order valence-corrected chi connectivity index (χ0v) is 27.9. The highest BCUT2D eigenvalue weighted by Crippen LogP contribution is 2.39. The first-order valence-electron chi connectivity index (χ1n) is 16.4. The SMILES string of the molecule is C=C/C=C(\C(=C)C(=C)/C=C\C(=C)C(=C)/C=C\C)n1c2ccccc2c2cc(-c3ccc4c(c3)c3ccccc3n4-c3ccccc3)ccc21. The topological polar surface area (TPSA) is 9.86 Å². The molecule has 0 bridgehead atoms. The lowest BCUT2D eigenvalue weighted by molar-refractivity contribution is 1.18. The van der Waals surface area contributed by atoms with Crippen LogP contribution in [0.15, 0.2) is 207 Å². The molecule has 0 atom stereocenters. The number of rotatable bonds is 10. The second-order valence-corrected chi connectivity index (χ2v) is 12.2. The Morgan fingerprint density at radius 1 is 0.531 bits per heavy atom. The van der Waals surface area contributed by atoms with Crippen LogP contribution in [-0.2, 0) is 0 Å². The summed E-state index contributed by atoms with van der Waals surface area (Å²) in [6, 6.07) is 41.3. The summed E-state index contributed by atoms with van der Waals surface area (Å²) in [5, 5.41) is 4.80. The van der Waals surface area contributed by atoms with Gasteiger partial charge in [0.1, 0.15) is 0 Å². The average molecular weight is 631 g/mol. The van der Waals surface area contributed by atoms with Crippen LogP contribution in [0.2, 0.25) is 0 Å². The average Bonchev–Trinajstić information content (AvgIpc) is 3.65. The summed E-state index contributed by atoms with van der Waals surface area (Å²) in [5.74, 6) is 0. The number of hydrogen-bond donors (Lipinski definition) is 0. The van der Waals surface area contributed by atoms with Gasteiger partial charge in [-0.25, -0.2) is 0 Å². The number of allylic oxidation sites excluding steroid dienone is 11. The third-order valence-electron chi connectivity index (χ3n) is 9.17. The Morgan fingerprint density at radius 3 is 1.71 bits per heavy atom. The summed E-state index contributed by atoms with van der Waals surface area (Å²) in [5.41, 5.74) is 12.2. The van der Waals surface area contributed by atoms with Crippen LogP contribution in [0.1, 0.15) is 6.92 Å². The van der Waals surface area contributed by atoms with Gasteiger partial charge in [-0.15, -0.1) is 0 Å². The number of aromatic nitrogens is 2. The second-order valence-electron chi connectivity index (χ2n) is 12.2. The molecule has 0 radical (unpaired) electrons. The monoisotopic (exact) mass is 630 g/mol. The predicted molar refractivity (Wildman–Crippen MR) is 214 cm³/mol. The van der Waals surface area contributed by atoms with Gasteiger partial charge in [0, 0.05) is 27.2 Å². The Balaban J connectivity index is 1.34. The summed E-state index contributed by atoms with van der Waals surface area (Å²) in [7, 11) is 0. The smallest absolute Gasteiger partial charge is 0.0541 e. The minimum atomic E-state index is 0.785. The van der Waals surface area contributed by atoms with E-state index in [0.717, 1.165) is 50.3 Å². The Kier molecular flexibility index (Phi) is 8.30. The van der Waals surface area contributed by atoms with Gasteiger partial charge in [0.15, 0.2) is 0 Å². The van der Waals surface area contributed by atoms with E-state index in [0.29, 0.717) is 0 Å². The van der Waals surface area contributed by atoms with E-state index in [1.54, 1.807) is 6.08 Å². The van der Waals surface area contributed by atoms with Crippen molar-refractivity contribution in [3.8, 4) is 16.8 Å². The molecule has 0 N–H and O–H groups in total. The molecule has 0 saturated heterocycles. The van der Waals surface area contributed by atoms with E-state index in [-0.39, 0.29) is 0 Å². The third kappa shape index (κ3) is 5.54. The molecule has 49 heavy (non-hydrogen) atoms. The first-order valence-corrected chi connectivity index (χ1v) is 16.4. The van der Waals surface area contributed by atoms with Gasteiger partial charge in [0.25, 0.3) is 0 Å². The van der Waals surface area contributed by atoms with Crippen molar-refractivity contribution in [1.82, 2.24) is 9.13 Å². The molecule has 0 amide bonds. The van der Waals surface area contributed by atoms with Crippen molar-refractivity contribution < 1.29 is 0 Å². The van der Waals surface area contributed by atoms with Gasteiger partial charge in [0.05, 0.1) is 27.8 Å². The van der Waals surface area contributed by atoms with Crippen LogP contribution >= 0.6 is 0 Å². The molecular weight excluding hydrogens is 593 g/mol. The molecule has 2 heterocycles. The molecule has 7 aromatic rings. The van der Waals surface area contributed by atoms with Crippen LogP contribution < -0.4 is 0 Å². The van der Waals surface area contributed by atoms with E-state index in [4.69, 9.17) is 0 Å². The third-order valence-corrected chi connectivity index (χ3v) is 9.17. The summed E-state index contributed by atoms with van der Waals surface area (Å²) >= 11 is 0. The standard InChI is InChI=1S/C47H38N2/c1-7-16-32(3)33(4)24-25-34(5)35(6)43(17-8-2)49-45-23-15-13-21-40(45)42-31-37(27-29-47(42)49)36-26-28-46-41(30-36)39-20-12-14-22-44(39)48(46)38-18-10-9-11-19-38/h7-31H,2-6H2,1H3/b16-7-,25-24-,43-17+. The molecule has 2 heteroatoms. The molecule has 0 unspecified atom stereocenters. The molecular formula is C47H38N2. The largest absolute Gasteiger partial charge is 0.309 e. The van der Waals surface area contributed by atoms with Crippen molar-refractivity contribution in [2.75, 3.05) is 0 Å². The normalized spacial score (nSPS) is 12.1. The van der Waals surface area contributed by atoms with Crippen molar-refractivity contribution in [2.24, 2.45) is 0 Å². The molecule has 0 spiro atoms. The van der Waals surface area contributed by atoms with Gasteiger partial charge in [-0.3, -0.25) is 0 Å². The van der Waals surface area contributed by atoms with Crippen molar-refractivity contribution in [3.05, 3.63) is 207 Å². The van der Waals surface area contributed by atoms with Crippen LogP contribution in [0.4, 0.5) is 0 Å². The van der Waals surface area contributed by atoms with Crippen LogP contribution in [0.5, 0.6) is 0 Å². The molecule has 5 aromatic carbocycles. The lowest BCUT2D eigenvalue weighted by atomic mass is 10.0. The summed E-state index contributed by atoms with van der Waals surface area (Å²) in [4.78, 5) is 0. The quantitative estimate of drug-likeness (QED) is 0.133. The summed E-state index contributed by atoms with van der Waals surface area (Å²) < 4.78 is 4.62. The van der Waals surface area contributed by atoms with Gasteiger partial charge in [-0.05, 0) is 95.0 Å². The van der Waals surface area contributed by atoms with Crippen LogP contribution in [-0.4, -0.2) is 9.13 Å². The Bertz CT molecular complexity index is 2570. The molecule has 0 fully saturated rings. The lowest BCUT2D eigenvalue weighted by Crippen LogP contribution is -2.01. The number of nitrogens with zero attached hydrogens (tertiary/aromatic N) is 2. The van der Waals surface area contributed by atoms with E-state index in [1.165, 1.54) is 38.1 Å². The van der Waals surface area contributed by atoms with E-state index in [2.05, 4.69) is 157 Å². The molecule has 2 nitrogen and oxygen atoms in total. The number of para-hydroxylation sites is 3. The van der Waals surface area contributed by atoms with Crippen molar-refractivity contribution in [3.63, 3.8) is 0 Å². The maximum absolute atomic E-state index is 4.49. The van der Waals surface area contributed by atoms with E-state index >= 15 is 0 Å². The number of hydrogen-bond acceptors (Lipinski definition) is 0. The van der Waals surface area contributed by atoms with Gasteiger partial charge in [0.2, 0.25) is 0 Å². The fraction of sp³-hybridized carbons (Fsp3) is 0.0213. The molecule has 0 aliphatic carbocycles. The van der Waals surface area contributed by atoms with Crippen LogP contribution in [0.25, 0.3) is 66.1 Å². The van der Waals surface area contributed by atoms with Gasteiger partial charge < -0.3 is 9.13 Å². The second kappa shape index (κ2) is 13.0. The zero-order chi connectivity index (χ0) is 34.1.